The molecule has 1 fully saturated rings. The van der Waals surface area contributed by atoms with Gasteiger partial charge < -0.3 is 9.30 Å². The molecule has 2 aliphatic rings. The van der Waals surface area contributed by atoms with E-state index < -0.39 is 11.7 Å². The van der Waals surface area contributed by atoms with E-state index in [-0.39, 0.29) is 30.9 Å². The minimum atomic E-state index is -4.34. The summed E-state index contributed by atoms with van der Waals surface area (Å²) in [5, 5.41) is 8.26. The summed E-state index contributed by atoms with van der Waals surface area (Å²) in [5.41, 5.74) is 0.931. The average molecular weight is 430 g/mol. The fourth-order valence-corrected chi connectivity index (χ4v) is 4.74. The number of halogens is 5. The van der Waals surface area contributed by atoms with E-state index in [2.05, 4.69) is 4.90 Å². The van der Waals surface area contributed by atoms with Gasteiger partial charge in [-0.05, 0) is 30.5 Å². The van der Waals surface area contributed by atoms with Crippen LogP contribution in [-0.4, -0.2) is 42.3 Å². The summed E-state index contributed by atoms with van der Waals surface area (Å²) in [6.07, 6.45) is -2.94. The largest absolute Gasteiger partial charge is 0.416 e. The van der Waals surface area contributed by atoms with Gasteiger partial charge in [0.1, 0.15) is 0 Å². The molecule has 2 aromatic rings. The quantitative estimate of drug-likeness (QED) is 0.786. The first-order valence-electron chi connectivity index (χ1n) is 8.03. The monoisotopic (exact) mass is 429 g/mol. The highest BCUT2D eigenvalue weighted by Crippen LogP contribution is 2.38. The predicted octanol–water partition coefficient (Wildman–Crippen LogP) is 3.86. The van der Waals surface area contributed by atoms with Gasteiger partial charge in [0.2, 0.25) is 0 Å². The summed E-state index contributed by atoms with van der Waals surface area (Å²) in [5.74, 6) is 0. The van der Waals surface area contributed by atoms with Gasteiger partial charge in [-0.1, -0.05) is 11.3 Å². The maximum atomic E-state index is 13.1. The number of hydrogen-bond acceptors (Lipinski definition) is 4. The van der Waals surface area contributed by atoms with E-state index in [4.69, 9.17) is 10.1 Å². The Bertz CT molecular complexity index is 830. The van der Waals surface area contributed by atoms with Gasteiger partial charge in [0.05, 0.1) is 29.0 Å². The lowest BCUT2D eigenvalue weighted by atomic mass is 9.96. The van der Waals surface area contributed by atoms with E-state index in [1.54, 1.807) is 0 Å². The number of benzene rings is 1. The molecule has 1 atom stereocenters. The number of morpholine rings is 1. The molecule has 3 heterocycles. The normalized spacial score (nSPS) is 20.5. The fraction of sp³-hybridized carbons (Fsp3) is 0.562. The molecule has 0 amide bonds. The number of nitrogens with one attached hydrogen (secondary N) is 1. The highest BCUT2D eigenvalue weighted by Gasteiger charge is 2.34. The molecule has 0 saturated carbocycles. The van der Waals surface area contributed by atoms with E-state index in [1.165, 1.54) is 12.1 Å². The van der Waals surface area contributed by atoms with Crippen molar-refractivity contribution in [3.63, 3.8) is 0 Å². The Morgan fingerprint density at radius 1 is 1.19 bits per heavy atom. The Balaban J connectivity index is 0.00000121. The zero-order chi connectivity index (χ0) is 16.9. The van der Waals surface area contributed by atoms with E-state index in [1.807, 2.05) is 4.57 Å². The standard InChI is InChI=1S/C16H18F3N3OS.2ClH/c17-16(18,19)11-7-10-1-2-12(9-21-3-5-23-6-4-21)22-14(10)13(8-11)24-15(22)20;;/h7-8,12,20H,1-6,9H2;2*1H/t12-;;/m1../s1. The summed E-state index contributed by atoms with van der Waals surface area (Å²) in [6.45, 7) is 4.01. The molecule has 10 heteroatoms. The van der Waals surface area contributed by atoms with Crippen molar-refractivity contribution < 1.29 is 17.9 Å². The van der Waals surface area contributed by atoms with Gasteiger partial charge in [0.25, 0.3) is 0 Å². The van der Waals surface area contributed by atoms with Crippen molar-refractivity contribution in [3.8, 4) is 0 Å². The van der Waals surface area contributed by atoms with Gasteiger partial charge in [0, 0.05) is 25.7 Å². The van der Waals surface area contributed by atoms with Gasteiger partial charge in [-0.25, -0.2) is 0 Å². The van der Waals surface area contributed by atoms with Crippen molar-refractivity contribution in [2.45, 2.75) is 25.1 Å². The van der Waals surface area contributed by atoms with Crippen LogP contribution in [0.5, 0.6) is 0 Å². The molecule has 1 saturated heterocycles. The Kier molecular flexibility index (Phi) is 6.66. The third kappa shape index (κ3) is 3.89. The molecule has 1 N–H and O–H groups in total. The van der Waals surface area contributed by atoms with Crippen molar-refractivity contribution in [2.75, 3.05) is 32.8 Å². The summed E-state index contributed by atoms with van der Waals surface area (Å²) >= 11 is 1.14. The highest BCUT2D eigenvalue weighted by molar-refractivity contribution is 7.16. The lowest BCUT2D eigenvalue weighted by Crippen LogP contribution is -2.41. The molecule has 0 unspecified atom stereocenters. The molecule has 2 aliphatic heterocycles. The predicted molar refractivity (Wildman–Crippen MR) is 99.8 cm³/mol. The number of ether oxygens (including phenoxy) is 1. The van der Waals surface area contributed by atoms with Gasteiger partial charge >= 0.3 is 6.18 Å². The zero-order valence-electron chi connectivity index (χ0n) is 13.8. The van der Waals surface area contributed by atoms with Crippen molar-refractivity contribution in [3.05, 3.63) is 28.1 Å². The Labute approximate surface area is 165 Å². The van der Waals surface area contributed by atoms with Crippen LogP contribution in [0.15, 0.2) is 12.1 Å². The zero-order valence-corrected chi connectivity index (χ0v) is 16.3. The number of aromatic nitrogens is 1. The molecule has 0 radical (unpaired) electrons. The summed E-state index contributed by atoms with van der Waals surface area (Å²) in [4.78, 5) is 2.66. The molecule has 1 aromatic heterocycles. The minimum absolute atomic E-state index is 0. The van der Waals surface area contributed by atoms with Crippen LogP contribution in [0, 0.1) is 5.41 Å². The third-order valence-corrected chi connectivity index (χ3v) is 5.75. The van der Waals surface area contributed by atoms with Crippen molar-refractivity contribution in [2.24, 2.45) is 0 Å². The van der Waals surface area contributed by atoms with Gasteiger partial charge in [-0.3, -0.25) is 10.3 Å². The average Bonchev–Trinajstić information content (AvgIpc) is 2.88. The third-order valence-electron chi connectivity index (χ3n) is 4.83. The van der Waals surface area contributed by atoms with Crippen LogP contribution in [0.1, 0.15) is 23.6 Å². The first kappa shape index (κ1) is 21.5. The van der Waals surface area contributed by atoms with Gasteiger partial charge in [-0.2, -0.15) is 13.2 Å². The lowest BCUT2D eigenvalue weighted by molar-refractivity contribution is -0.137. The lowest BCUT2D eigenvalue weighted by Gasteiger charge is -2.33. The summed E-state index contributed by atoms with van der Waals surface area (Å²) < 4.78 is 47.1. The minimum Gasteiger partial charge on any atom is -0.379 e. The smallest absolute Gasteiger partial charge is 0.379 e. The van der Waals surface area contributed by atoms with E-state index in [9.17, 15) is 13.2 Å². The van der Waals surface area contributed by atoms with Crippen LogP contribution in [0.25, 0.3) is 10.2 Å². The molecule has 146 valence electrons. The van der Waals surface area contributed by atoms with Gasteiger partial charge in [0.15, 0.2) is 4.80 Å². The number of alkyl halides is 3. The van der Waals surface area contributed by atoms with E-state index in [0.29, 0.717) is 21.5 Å². The number of nitrogens with zero attached hydrogens (tertiary/aromatic N) is 2. The molecule has 4 rings (SSSR count). The van der Waals surface area contributed by atoms with Crippen LogP contribution < -0.4 is 4.80 Å². The second kappa shape index (κ2) is 8.06. The fourth-order valence-electron chi connectivity index (χ4n) is 3.68. The van der Waals surface area contributed by atoms with Crippen LogP contribution in [-0.2, 0) is 17.3 Å². The van der Waals surface area contributed by atoms with Gasteiger partial charge in [-0.15, -0.1) is 24.8 Å². The number of aryl methyl sites for hydroxylation is 1. The van der Waals surface area contributed by atoms with Crippen LogP contribution in [0.2, 0.25) is 0 Å². The highest BCUT2D eigenvalue weighted by atomic mass is 35.5. The van der Waals surface area contributed by atoms with Crippen molar-refractivity contribution >= 4 is 46.4 Å². The van der Waals surface area contributed by atoms with Crippen LogP contribution >= 0.6 is 36.2 Å². The summed E-state index contributed by atoms with van der Waals surface area (Å²) in [6, 6.07) is 2.60. The SMILES string of the molecule is Cl.Cl.N=c1sc2cc(C(F)(F)F)cc3c2n1[C@@H](CN1CCOCC1)CC3. The first-order valence-corrected chi connectivity index (χ1v) is 8.85. The number of hydrogen-bond donors (Lipinski definition) is 1. The molecular formula is C16H20Cl2F3N3OS. The topological polar surface area (TPSA) is 41.2 Å². The molecule has 0 bridgehead atoms. The first-order chi connectivity index (χ1) is 11.4. The van der Waals surface area contributed by atoms with Crippen LogP contribution in [0.3, 0.4) is 0 Å². The summed E-state index contributed by atoms with van der Waals surface area (Å²) in [7, 11) is 0. The van der Waals surface area contributed by atoms with E-state index >= 15 is 0 Å². The Morgan fingerprint density at radius 3 is 2.54 bits per heavy atom. The maximum absolute atomic E-state index is 13.1. The molecular weight excluding hydrogens is 410 g/mol. The molecule has 1 aromatic carbocycles. The Morgan fingerprint density at radius 2 is 1.88 bits per heavy atom. The second-order valence-corrected chi connectivity index (χ2v) is 7.39. The molecule has 26 heavy (non-hydrogen) atoms. The number of thiazole rings is 1. The van der Waals surface area contributed by atoms with Crippen molar-refractivity contribution in [1.82, 2.24) is 9.47 Å². The molecule has 4 nitrogen and oxygen atoms in total. The number of rotatable bonds is 2. The second-order valence-electron chi connectivity index (χ2n) is 6.36. The Hall–Kier alpha value is -0.800. The van der Waals surface area contributed by atoms with Crippen molar-refractivity contribution in [1.29, 1.82) is 5.41 Å². The van der Waals surface area contributed by atoms with E-state index in [0.717, 1.165) is 56.1 Å². The van der Waals surface area contributed by atoms with Crippen LogP contribution in [0.4, 0.5) is 13.2 Å². The maximum Gasteiger partial charge on any atom is 0.416 e. The molecule has 0 spiro atoms. The molecule has 0 aliphatic carbocycles.